The zero-order valence-electron chi connectivity index (χ0n) is 19.5. The van der Waals surface area contributed by atoms with Crippen LogP contribution in [0.25, 0.3) is 21.8 Å². The minimum Gasteiger partial charge on any atom is -0.494 e. The molecule has 0 spiro atoms. The van der Waals surface area contributed by atoms with Gasteiger partial charge in [0.2, 0.25) is 0 Å². The maximum atomic E-state index is 11.4. The summed E-state index contributed by atoms with van der Waals surface area (Å²) in [6.45, 7) is 1.93. The molecule has 0 saturated heterocycles. The van der Waals surface area contributed by atoms with Crippen LogP contribution in [0, 0.1) is 0 Å². The lowest BCUT2D eigenvalue weighted by Gasteiger charge is -2.09. The van der Waals surface area contributed by atoms with E-state index in [2.05, 4.69) is 12.1 Å². The molecule has 4 rings (SSSR count). The Labute approximate surface area is 199 Å². The Morgan fingerprint density at radius 2 is 1.47 bits per heavy atom. The number of aliphatic carboxylic acids is 1. The van der Waals surface area contributed by atoms with Gasteiger partial charge in [0.15, 0.2) is 0 Å². The van der Waals surface area contributed by atoms with Crippen molar-refractivity contribution in [3.05, 3.63) is 72.3 Å². The first-order valence-corrected chi connectivity index (χ1v) is 11.7. The summed E-state index contributed by atoms with van der Waals surface area (Å²) in [5, 5.41) is 11.5. The molecule has 0 atom stereocenters. The minimum absolute atomic E-state index is 0.0800. The topological polar surface area (TPSA) is 69.9 Å². The van der Waals surface area contributed by atoms with Crippen LogP contribution in [0.15, 0.2) is 66.7 Å². The van der Waals surface area contributed by atoms with Gasteiger partial charge >= 0.3 is 5.97 Å². The molecule has 3 aromatic carbocycles. The highest BCUT2D eigenvalue weighted by Gasteiger charge is 2.13. The molecule has 0 bridgehead atoms. The Morgan fingerprint density at radius 1 is 0.794 bits per heavy atom. The van der Waals surface area contributed by atoms with E-state index in [1.54, 1.807) is 7.11 Å². The molecule has 1 heterocycles. The zero-order valence-corrected chi connectivity index (χ0v) is 19.5. The van der Waals surface area contributed by atoms with Crippen molar-refractivity contribution in [3.63, 3.8) is 0 Å². The second kappa shape index (κ2) is 11.6. The number of carboxylic acid groups (broad SMARTS) is 1. The molecule has 0 fully saturated rings. The molecule has 6 heteroatoms. The summed E-state index contributed by atoms with van der Waals surface area (Å²) in [4.78, 5) is 11.4. The molecule has 4 aromatic rings. The summed E-state index contributed by atoms with van der Waals surface area (Å²) in [6, 6.07) is 22.0. The third-order valence-corrected chi connectivity index (χ3v) is 5.88. The van der Waals surface area contributed by atoms with E-state index in [4.69, 9.17) is 14.2 Å². The van der Waals surface area contributed by atoms with Crippen molar-refractivity contribution in [3.8, 4) is 11.5 Å². The van der Waals surface area contributed by atoms with Crippen molar-refractivity contribution in [2.75, 3.05) is 26.9 Å². The SMILES string of the molecule is COCCc1ccc(OCCCCCOc2ccc3c4ccccc4n(CC(=O)O)c3c2)cc1. The van der Waals surface area contributed by atoms with E-state index in [9.17, 15) is 9.90 Å². The quantitative estimate of drug-likeness (QED) is 0.259. The first-order valence-electron chi connectivity index (χ1n) is 11.7. The lowest BCUT2D eigenvalue weighted by Crippen LogP contribution is -2.08. The summed E-state index contributed by atoms with van der Waals surface area (Å²) in [5.74, 6) is 0.785. The van der Waals surface area contributed by atoms with E-state index in [1.807, 2.05) is 59.2 Å². The number of unbranched alkanes of at least 4 members (excludes halogenated alkanes) is 2. The molecule has 6 nitrogen and oxygen atoms in total. The fourth-order valence-electron chi connectivity index (χ4n) is 4.16. The molecule has 0 aliphatic carbocycles. The van der Waals surface area contributed by atoms with Gasteiger partial charge in [0, 0.05) is 29.5 Å². The third kappa shape index (κ3) is 5.88. The van der Waals surface area contributed by atoms with Gasteiger partial charge in [-0.05, 0) is 61.6 Å². The maximum Gasteiger partial charge on any atom is 0.323 e. The predicted molar refractivity (Wildman–Crippen MR) is 134 cm³/mol. The van der Waals surface area contributed by atoms with Gasteiger partial charge in [-0.25, -0.2) is 0 Å². The van der Waals surface area contributed by atoms with Crippen LogP contribution in [0.1, 0.15) is 24.8 Å². The molecule has 0 amide bonds. The number of para-hydroxylation sites is 1. The van der Waals surface area contributed by atoms with Gasteiger partial charge in [0.05, 0.1) is 25.3 Å². The Balaban J connectivity index is 1.25. The van der Waals surface area contributed by atoms with Crippen molar-refractivity contribution in [1.29, 1.82) is 0 Å². The minimum atomic E-state index is -0.863. The third-order valence-electron chi connectivity index (χ3n) is 5.88. The van der Waals surface area contributed by atoms with Crippen LogP contribution >= 0.6 is 0 Å². The smallest absolute Gasteiger partial charge is 0.323 e. The Bertz CT molecular complexity index is 1230. The molecular weight excluding hydrogens is 430 g/mol. The fraction of sp³-hybridized carbons (Fsp3) is 0.321. The number of methoxy groups -OCH3 is 1. The molecule has 0 unspecified atom stereocenters. The second-order valence-electron chi connectivity index (χ2n) is 8.32. The van der Waals surface area contributed by atoms with E-state index in [-0.39, 0.29) is 6.54 Å². The lowest BCUT2D eigenvalue weighted by molar-refractivity contribution is -0.137. The number of aromatic nitrogens is 1. The molecule has 34 heavy (non-hydrogen) atoms. The lowest BCUT2D eigenvalue weighted by atomic mass is 10.1. The highest BCUT2D eigenvalue weighted by Crippen LogP contribution is 2.31. The molecule has 178 valence electrons. The largest absolute Gasteiger partial charge is 0.494 e. The van der Waals surface area contributed by atoms with Crippen molar-refractivity contribution in [2.45, 2.75) is 32.2 Å². The number of carboxylic acids is 1. The molecule has 0 saturated carbocycles. The highest BCUT2D eigenvalue weighted by molar-refractivity contribution is 6.08. The van der Waals surface area contributed by atoms with Crippen LogP contribution in [0.5, 0.6) is 11.5 Å². The van der Waals surface area contributed by atoms with E-state index in [0.717, 1.165) is 65.6 Å². The van der Waals surface area contributed by atoms with Gasteiger partial charge < -0.3 is 23.9 Å². The average Bonchev–Trinajstić information content (AvgIpc) is 3.15. The van der Waals surface area contributed by atoms with Crippen molar-refractivity contribution < 1.29 is 24.1 Å². The van der Waals surface area contributed by atoms with E-state index < -0.39 is 5.97 Å². The van der Waals surface area contributed by atoms with Crippen LogP contribution in [0.3, 0.4) is 0 Å². The van der Waals surface area contributed by atoms with Gasteiger partial charge in [-0.1, -0.05) is 30.3 Å². The van der Waals surface area contributed by atoms with E-state index >= 15 is 0 Å². The van der Waals surface area contributed by atoms with Crippen LogP contribution in [0.4, 0.5) is 0 Å². The first-order chi connectivity index (χ1) is 16.7. The number of ether oxygens (including phenoxy) is 3. The van der Waals surface area contributed by atoms with Crippen molar-refractivity contribution >= 4 is 27.8 Å². The van der Waals surface area contributed by atoms with E-state index in [1.165, 1.54) is 5.56 Å². The van der Waals surface area contributed by atoms with E-state index in [0.29, 0.717) is 13.2 Å². The maximum absolute atomic E-state index is 11.4. The normalized spacial score (nSPS) is 11.2. The monoisotopic (exact) mass is 461 g/mol. The zero-order chi connectivity index (χ0) is 23.8. The van der Waals surface area contributed by atoms with Crippen LogP contribution in [-0.4, -0.2) is 42.6 Å². The summed E-state index contributed by atoms with van der Waals surface area (Å²) in [5.41, 5.74) is 3.04. The van der Waals surface area contributed by atoms with Crippen LogP contribution < -0.4 is 9.47 Å². The summed E-state index contributed by atoms with van der Waals surface area (Å²) < 4.78 is 18.7. The Kier molecular flexibility index (Phi) is 8.04. The van der Waals surface area contributed by atoms with Crippen molar-refractivity contribution in [1.82, 2.24) is 4.57 Å². The number of carbonyl (C=O) groups is 1. The first kappa shape index (κ1) is 23.6. The number of hydrogen-bond donors (Lipinski definition) is 1. The Hall–Kier alpha value is -3.51. The average molecular weight is 462 g/mol. The van der Waals surface area contributed by atoms with Gasteiger partial charge in [0.1, 0.15) is 18.0 Å². The van der Waals surface area contributed by atoms with Gasteiger partial charge in [-0.2, -0.15) is 0 Å². The molecule has 0 aliphatic rings. The summed E-state index contributed by atoms with van der Waals surface area (Å²) in [7, 11) is 1.71. The predicted octanol–water partition coefficient (Wildman–Crippen LogP) is 5.70. The number of fused-ring (bicyclic) bond motifs is 3. The molecular formula is C28H31NO5. The van der Waals surface area contributed by atoms with Crippen molar-refractivity contribution in [2.24, 2.45) is 0 Å². The molecule has 1 N–H and O–H groups in total. The fourth-order valence-corrected chi connectivity index (χ4v) is 4.16. The van der Waals surface area contributed by atoms with Crippen LogP contribution in [0.2, 0.25) is 0 Å². The molecule has 0 radical (unpaired) electrons. The molecule has 0 aliphatic heterocycles. The summed E-state index contributed by atoms with van der Waals surface area (Å²) >= 11 is 0. The number of hydrogen-bond acceptors (Lipinski definition) is 4. The number of nitrogens with zero attached hydrogens (tertiary/aromatic N) is 1. The standard InChI is InChI=1S/C28H31NO5/c1-32-18-15-21-9-11-22(12-10-21)33-16-5-2-6-17-34-23-13-14-25-24-7-3-4-8-26(24)29(20-28(30)31)27(25)19-23/h3-4,7-14,19H,2,5-6,15-18,20H2,1H3,(H,30,31). The van der Waals surface area contributed by atoms with Crippen LogP contribution in [-0.2, 0) is 22.5 Å². The van der Waals surface area contributed by atoms with Gasteiger partial charge in [-0.3, -0.25) is 4.79 Å². The highest BCUT2D eigenvalue weighted by atomic mass is 16.5. The van der Waals surface area contributed by atoms with Gasteiger partial charge in [0.25, 0.3) is 0 Å². The number of rotatable bonds is 13. The summed E-state index contributed by atoms with van der Waals surface area (Å²) in [6.07, 6.45) is 3.80. The molecule has 1 aromatic heterocycles. The number of benzene rings is 3. The van der Waals surface area contributed by atoms with Gasteiger partial charge in [-0.15, -0.1) is 0 Å². The second-order valence-corrected chi connectivity index (χ2v) is 8.32. The Morgan fingerprint density at radius 3 is 2.21 bits per heavy atom.